The molecule has 4 nitrogen and oxygen atoms in total. The lowest BCUT2D eigenvalue weighted by Crippen LogP contribution is -2.40. The highest BCUT2D eigenvalue weighted by molar-refractivity contribution is 5.75. The molecule has 1 N–H and O–H groups in total. The lowest BCUT2D eigenvalue weighted by molar-refractivity contribution is 0.0277. The van der Waals surface area contributed by atoms with E-state index in [0.29, 0.717) is 0 Å². The highest BCUT2D eigenvalue weighted by Gasteiger charge is 2.17. The summed E-state index contributed by atoms with van der Waals surface area (Å²) in [6, 6.07) is 8.23. The first-order valence-electron chi connectivity index (χ1n) is 6.07. The Hall–Kier alpha value is -1.39. The van der Waals surface area contributed by atoms with Crippen LogP contribution in [-0.2, 0) is 18.2 Å². The van der Waals surface area contributed by atoms with Crippen molar-refractivity contribution in [2.75, 3.05) is 19.7 Å². The predicted octanol–water partition coefficient (Wildman–Crippen LogP) is 1.10. The second-order valence-corrected chi connectivity index (χ2v) is 4.48. The monoisotopic (exact) mass is 231 g/mol. The molecule has 0 aliphatic carbocycles. The summed E-state index contributed by atoms with van der Waals surface area (Å²) < 4.78 is 7.88. The van der Waals surface area contributed by atoms with Crippen molar-refractivity contribution in [3.8, 4) is 0 Å². The Morgan fingerprint density at radius 2 is 2.35 bits per heavy atom. The van der Waals surface area contributed by atoms with Crippen LogP contribution in [0.15, 0.2) is 24.3 Å². The zero-order valence-corrected chi connectivity index (χ0v) is 10.0. The second-order valence-electron chi connectivity index (χ2n) is 4.48. The van der Waals surface area contributed by atoms with Crippen molar-refractivity contribution in [1.29, 1.82) is 0 Å². The predicted molar refractivity (Wildman–Crippen MR) is 67.0 cm³/mol. The molecule has 1 atom stereocenters. The fraction of sp³-hybridized carbons (Fsp3) is 0.462. The van der Waals surface area contributed by atoms with E-state index in [9.17, 15) is 0 Å². The molecule has 0 amide bonds. The number of aromatic nitrogens is 2. The standard InChI is InChI=1S/C13H17N3O/c1-16-12-5-3-2-4-11(12)15-13(16)8-10-9-14-6-7-17-10/h2-5,10,14H,6-9H2,1H3. The first-order valence-corrected chi connectivity index (χ1v) is 6.07. The third kappa shape index (κ3) is 2.06. The minimum absolute atomic E-state index is 0.249. The van der Waals surface area contributed by atoms with E-state index in [0.717, 1.165) is 37.5 Å². The molecule has 0 radical (unpaired) electrons. The van der Waals surface area contributed by atoms with Gasteiger partial charge in [-0.05, 0) is 12.1 Å². The van der Waals surface area contributed by atoms with Crippen molar-refractivity contribution in [2.45, 2.75) is 12.5 Å². The highest BCUT2D eigenvalue weighted by Crippen LogP contribution is 2.16. The molecule has 2 heterocycles. The van der Waals surface area contributed by atoms with Crippen molar-refractivity contribution in [2.24, 2.45) is 7.05 Å². The van der Waals surface area contributed by atoms with Gasteiger partial charge in [-0.2, -0.15) is 0 Å². The molecule has 0 bridgehead atoms. The van der Waals surface area contributed by atoms with Crippen molar-refractivity contribution in [3.63, 3.8) is 0 Å². The number of ether oxygens (including phenoxy) is 1. The van der Waals surface area contributed by atoms with Gasteiger partial charge in [0, 0.05) is 26.6 Å². The van der Waals surface area contributed by atoms with E-state index in [-0.39, 0.29) is 6.10 Å². The smallest absolute Gasteiger partial charge is 0.112 e. The number of rotatable bonds is 2. The summed E-state index contributed by atoms with van der Waals surface area (Å²) >= 11 is 0. The Morgan fingerprint density at radius 3 is 3.12 bits per heavy atom. The first kappa shape index (κ1) is 10.7. The van der Waals surface area contributed by atoms with E-state index in [4.69, 9.17) is 4.74 Å². The molecule has 3 rings (SSSR count). The minimum Gasteiger partial charge on any atom is -0.375 e. The summed E-state index contributed by atoms with van der Waals surface area (Å²) in [5, 5.41) is 3.35. The lowest BCUT2D eigenvalue weighted by atomic mass is 10.2. The van der Waals surface area contributed by atoms with E-state index in [1.165, 1.54) is 5.52 Å². The molecule has 1 fully saturated rings. The molecule has 90 valence electrons. The first-order chi connectivity index (χ1) is 8.34. The zero-order valence-electron chi connectivity index (χ0n) is 10.0. The molecule has 0 saturated carbocycles. The van der Waals surface area contributed by atoms with Crippen molar-refractivity contribution in [3.05, 3.63) is 30.1 Å². The van der Waals surface area contributed by atoms with Crippen LogP contribution in [0.5, 0.6) is 0 Å². The Bertz CT molecular complexity index is 514. The number of hydrogen-bond acceptors (Lipinski definition) is 3. The van der Waals surface area contributed by atoms with Gasteiger partial charge in [-0.3, -0.25) is 0 Å². The summed E-state index contributed by atoms with van der Waals surface area (Å²) in [5.41, 5.74) is 2.25. The maximum absolute atomic E-state index is 5.72. The molecule has 1 aliphatic heterocycles. The average molecular weight is 231 g/mol. The third-order valence-electron chi connectivity index (χ3n) is 3.29. The van der Waals surface area contributed by atoms with Crippen LogP contribution in [0.4, 0.5) is 0 Å². The van der Waals surface area contributed by atoms with Crippen LogP contribution >= 0.6 is 0 Å². The molecule has 1 unspecified atom stereocenters. The normalized spacial score (nSPS) is 20.9. The fourth-order valence-corrected chi connectivity index (χ4v) is 2.33. The SMILES string of the molecule is Cn1c(CC2CNCCO2)nc2ccccc21. The van der Waals surface area contributed by atoms with E-state index < -0.39 is 0 Å². The fourth-order valence-electron chi connectivity index (χ4n) is 2.33. The van der Waals surface area contributed by atoms with Gasteiger partial charge in [-0.25, -0.2) is 4.98 Å². The number of hydrogen-bond donors (Lipinski definition) is 1. The van der Waals surface area contributed by atoms with Crippen molar-refractivity contribution >= 4 is 11.0 Å². The largest absolute Gasteiger partial charge is 0.375 e. The highest BCUT2D eigenvalue weighted by atomic mass is 16.5. The van der Waals surface area contributed by atoms with E-state index >= 15 is 0 Å². The summed E-state index contributed by atoms with van der Waals surface area (Å²) in [6.07, 6.45) is 1.12. The summed E-state index contributed by atoms with van der Waals surface area (Å²) in [5.74, 6) is 1.10. The molecule has 1 aromatic carbocycles. The molecule has 17 heavy (non-hydrogen) atoms. The van der Waals surface area contributed by atoms with Crippen LogP contribution in [-0.4, -0.2) is 35.4 Å². The third-order valence-corrected chi connectivity index (χ3v) is 3.29. The lowest BCUT2D eigenvalue weighted by Gasteiger charge is -2.23. The number of fused-ring (bicyclic) bond motifs is 1. The van der Waals surface area contributed by atoms with Crippen LogP contribution in [0.1, 0.15) is 5.82 Å². The van der Waals surface area contributed by atoms with Gasteiger partial charge < -0.3 is 14.6 Å². The molecule has 1 aromatic heterocycles. The topological polar surface area (TPSA) is 39.1 Å². The van der Waals surface area contributed by atoms with Crippen LogP contribution in [0.3, 0.4) is 0 Å². The van der Waals surface area contributed by atoms with Gasteiger partial charge in [-0.15, -0.1) is 0 Å². The van der Waals surface area contributed by atoms with Gasteiger partial charge in [0.1, 0.15) is 5.82 Å². The summed E-state index contributed by atoms with van der Waals surface area (Å²) in [7, 11) is 2.07. The van der Waals surface area contributed by atoms with Gasteiger partial charge in [-0.1, -0.05) is 12.1 Å². The number of nitrogens with one attached hydrogen (secondary N) is 1. The maximum atomic E-state index is 5.72. The Morgan fingerprint density at radius 1 is 1.47 bits per heavy atom. The van der Waals surface area contributed by atoms with Gasteiger partial charge in [0.2, 0.25) is 0 Å². The van der Waals surface area contributed by atoms with Crippen molar-refractivity contribution < 1.29 is 4.74 Å². The summed E-state index contributed by atoms with van der Waals surface area (Å²) in [4.78, 5) is 4.66. The van der Waals surface area contributed by atoms with Gasteiger partial charge in [0.25, 0.3) is 0 Å². The van der Waals surface area contributed by atoms with Gasteiger partial charge in [0.05, 0.1) is 23.7 Å². The van der Waals surface area contributed by atoms with E-state index in [1.807, 2.05) is 12.1 Å². The van der Waals surface area contributed by atoms with Crippen molar-refractivity contribution in [1.82, 2.24) is 14.9 Å². The molecular formula is C13H17N3O. The Kier molecular flexibility index (Phi) is 2.82. The minimum atomic E-state index is 0.249. The number of aryl methyl sites for hydroxylation is 1. The van der Waals surface area contributed by atoms with Gasteiger partial charge >= 0.3 is 0 Å². The second kappa shape index (κ2) is 4.47. The van der Waals surface area contributed by atoms with Crippen LogP contribution < -0.4 is 5.32 Å². The molecule has 1 aliphatic rings. The number of morpholine rings is 1. The molecule has 4 heteroatoms. The van der Waals surface area contributed by atoms with Crippen LogP contribution in [0.2, 0.25) is 0 Å². The van der Waals surface area contributed by atoms with E-state index in [2.05, 4.69) is 34.0 Å². The zero-order chi connectivity index (χ0) is 11.7. The number of benzene rings is 1. The van der Waals surface area contributed by atoms with Gasteiger partial charge in [0.15, 0.2) is 0 Å². The van der Waals surface area contributed by atoms with Crippen LogP contribution in [0, 0.1) is 0 Å². The molecule has 1 saturated heterocycles. The molecular weight excluding hydrogens is 214 g/mol. The Labute approximate surface area is 101 Å². The maximum Gasteiger partial charge on any atom is 0.112 e. The number of nitrogens with zero attached hydrogens (tertiary/aromatic N) is 2. The average Bonchev–Trinajstić information content (AvgIpc) is 2.68. The quantitative estimate of drug-likeness (QED) is 0.841. The van der Waals surface area contributed by atoms with Crippen LogP contribution in [0.25, 0.3) is 11.0 Å². The number of imidazole rings is 1. The summed E-state index contributed by atoms with van der Waals surface area (Å²) in [6.45, 7) is 2.68. The Balaban J connectivity index is 1.87. The molecule has 2 aromatic rings. The van der Waals surface area contributed by atoms with E-state index in [1.54, 1.807) is 0 Å². The number of para-hydroxylation sites is 2. The molecule has 0 spiro atoms.